The van der Waals surface area contributed by atoms with Gasteiger partial charge in [0.25, 0.3) is 0 Å². The topological polar surface area (TPSA) is 89.0 Å². The number of H-pyrrole nitrogens is 1. The molecule has 1 aromatic heterocycles. The molecule has 0 spiro atoms. The maximum atomic E-state index is 11.6. The van der Waals surface area contributed by atoms with Gasteiger partial charge in [0.2, 0.25) is 5.91 Å². The summed E-state index contributed by atoms with van der Waals surface area (Å²) >= 11 is 0. The van der Waals surface area contributed by atoms with Crippen LogP contribution in [0.4, 0.5) is 0 Å². The minimum absolute atomic E-state index is 0.211. The van der Waals surface area contributed by atoms with Gasteiger partial charge in [-0.1, -0.05) is 12.1 Å². The van der Waals surface area contributed by atoms with Crippen LogP contribution in [-0.2, 0) is 4.79 Å². The fourth-order valence-corrected chi connectivity index (χ4v) is 2.20. The number of nitrogens with zero attached hydrogens (tertiary/aromatic N) is 2. The van der Waals surface area contributed by atoms with Crippen molar-refractivity contribution >= 4 is 5.91 Å². The zero-order valence-electron chi connectivity index (χ0n) is 10.2. The second kappa shape index (κ2) is 4.27. The summed E-state index contributed by atoms with van der Waals surface area (Å²) in [6, 6.07) is 7.37. The number of methoxy groups -OCH3 is 1. The van der Waals surface area contributed by atoms with Crippen LogP contribution < -0.4 is 15.9 Å². The molecule has 3 rings (SSSR count). The first-order valence-electron chi connectivity index (χ1n) is 5.80. The third-order valence-corrected chi connectivity index (χ3v) is 3.15. The fraction of sp³-hybridized carbons (Fsp3) is 0.250. The van der Waals surface area contributed by atoms with Crippen LogP contribution in [-0.4, -0.2) is 27.9 Å². The van der Waals surface area contributed by atoms with Crippen LogP contribution in [0.2, 0.25) is 0 Å². The standard InChI is InChI=1S/C12H12N4O3/c1-19-8-4-2-7(3-5-8)9-6-10(17)15-16-11(9)13-14-12(16)18/h2-5,9H,6H2,1H3,(H,14,18)(H,15,17). The number of rotatable bonds is 2. The normalized spacial score (nSPS) is 17.7. The molecule has 2 heterocycles. The molecular weight excluding hydrogens is 248 g/mol. The highest BCUT2D eigenvalue weighted by atomic mass is 16.5. The third kappa shape index (κ3) is 1.88. The molecule has 1 aliphatic heterocycles. The van der Waals surface area contributed by atoms with Crippen molar-refractivity contribution in [2.75, 3.05) is 12.5 Å². The Morgan fingerprint density at radius 3 is 2.74 bits per heavy atom. The predicted molar refractivity (Wildman–Crippen MR) is 66.7 cm³/mol. The van der Waals surface area contributed by atoms with Gasteiger partial charge in [-0.2, -0.15) is 9.77 Å². The predicted octanol–water partition coefficient (Wildman–Crippen LogP) is 0.186. The number of benzene rings is 1. The van der Waals surface area contributed by atoms with Crippen LogP contribution in [0.5, 0.6) is 5.75 Å². The van der Waals surface area contributed by atoms with Gasteiger partial charge in [0.15, 0.2) is 5.82 Å². The molecule has 1 atom stereocenters. The van der Waals surface area contributed by atoms with E-state index in [0.29, 0.717) is 5.82 Å². The molecule has 7 nitrogen and oxygen atoms in total. The molecule has 2 aromatic rings. The fourth-order valence-electron chi connectivity index (χ4n) is 2.20. The molecule has 0 fully saturated rings. The molecule has 1 aliphatic rings. The van der Waals surface area contributed by atoms with E-state index >= 15 is 0 Å². The van der Waals surface area contributed by atoms with Gasteiger partial charge in [-0.3, -0.25) is 10.2 Å². The van der Waals surface area contributed by atoms with Crippen molar-refractivity contribution in [3.63, 3.8) is 0 Å². The summed E-state index contributed by atoms with van der Waals surface area (Å²) < 4.78 is 6.25. The van der Waals surface area contributed by atoms with E-state index in [2.05, 4.69) is 15.6 Å². The summed E-state index contributed by atoms with van der Waals surface area (Å²) in [5, 5.41) is 6.31. The molecule has 0 saturated carbocycles. The average Bonchev–Trinajstić information content (AvgIpc) is 2.80. The second-order valence-corrected chi connectivity index (χ2v) is 4.29. The lowest BCUT2D eigenvalue weighted by molar-refractivity contribution is -0.118. The Balaban J connectivity index is 2.04. The largest absolute Gasteiger partial charge is 0.497 e. The molecule has 19 heavy (non-hydrogen) atoms. The quantitative estimate of drug-likeness (QED) is 0.806. The number of aromatic nitrogens is 3. The van der Waals surface area contributed by atoms with Crippen molar-refractivity contribution in [3.8, 4) is 5.75 Å². The molecule has 0 aliphatic carbocycles. The van der Waals surface area contributed by atoms with Crippen LogP contribution >= 0.6 is 0 Å². The Morgan fingerprint density at radius 2 is 2.05 bits per heavy atom. The zero-order chi connectivity index (χ0) is 13.4. The van der Waals surface area contributed by atoms with Crippen LogP contribution in [0.3, 0.4) is 0 Å². The highest BCUT2D eigenvalue weighted by Gasteiger charge is 2.29. The van der Waals surface area contributed by atoms with Crippen molar-refractivity contribution in [2.24, 2.45) is 0 Å². The maximum Gasteiger partial charge on any atom is 0.362 e. The number of nitrogens with one attached hydrogen (secondary N) is 2. The van der Waals surface area contributed by atoms with E-state index in [4.69, 9.17) is 4.74 Å². The highest BCUT2D eigenvalue weighted by molar-refractivity contribution is 5.86. The van der Waals surface area contributed by atoms with Gasteiger partial charge in [-0.05, 0) is 17.7 Å². The number of hydrogen-bond donors (Lipinski definition) is 2. The molecule has 1 amide bonds. The van der Waals surface area contributed by atoms with E-state index in [-0.39, 0.29) is 18.2 Å². The number of carbonyl (C=O) groups is 1. The monoisotopic (exact) mass is 260 g/mol. The first kappa shape index (κ1) is 11.5. The molecule has 1 unspecified atom stereocenters. The first-order valence-corrected chi connectivity index (χ1v) is 5.80. The Labute approximate surface area is 108 Å². The lowest BCUT2D eigenvalue weighted by Crippen LogP contribution is -2.38. The van der Waals surface area contributed by atoms with Gasteiger partial charge in [-0.25, -0.2) is 9.89 Å². The number of amides is 1. The highest BCUT2D eigenvalue weighted by Crippen LogP contribution is 2.29. The molecule has 0 saturated heterocycles. The van der Waals surface area contributed by atoms with Crippen molar-refractivity contribution in [1.29, 1.82) is 0 Å². The number of fused-ring (bicyclic) bond motifs is 1. The van der Waals surface area contributed by atoms with Crippen molar-refractivity contribution in [2.45, 2.75) is 12.3 Å². The van der Waals surface area contributed by atoms with E-state index in [0.717, 1.165) is 16.0 Å². The smallest absolute Gasteiger partial charge is 0.362 e. The molecular formula is C12H12N4O3. The number of ether oxygens (including phenoxy) is 1. The van der Waals surface area contributed by atoms with Crippen LogP contribution in [0.15, 0.2) is 29.1 Å². The Kier molecular flexibility index (Phi) is 2.59. The summed E-state index contributed by atoms with van der Waals surface area (Å²) in [5.74, 6) is 0.800. The minimum atomic E-state index is -0.443. The third-order valence-electron chi connectivity index (χ3n) is 3.15. The molecule has 98 valence electrons. The van der Waals surface area contributed by atoms with Crippen LogP contribution in [0, 0.1) is 0 Å². The first-order chi connectivity index (χ1) is 9.19. The number of hydrogen-bond acceptors (Lipinski definition) is 4. The van der Waals surface area contributed by atoms with E-state index in [1.54, 1.807) is 7.11 Å². The molecule has 0 bridgehead atoms. The van der Waals surface area contributed by atoms with E-state index in [1.165, 1.54) is 0 Å². The zero-order valence-corrected chi connectivity index (χ0v) is 10.2. The van der Waals surface area contributed by atoms with Crippen LogP contribution in [0.1, 0.15) is 23.7 Å². The van der Waals surface area contributed by atoms with E-state index in [1.807, 2.05) is 24.3 Å². The van der Waals surface area contributed by atoms with Crippen molar-refractivity contribution < 1.29 is 9.53 Å². The Morgan fingerprint density at radius 1 is 1.32 bits per heavy atom. The van der Waals surface area contributed by atoms with Gasteiger partial charge < -0.3 is 4.74 Å². The van der Waals surface area contributed by atoms with Gasteiger partial charge >= 0.3 is 5.69 Å². The maximum absolute atomic E-state index is 11.6. The van der Waals surface area contributed by atoms with Gasteiger partial charge in [0.1, 0.15) is 5.75 Å². The second-order valence-electron chi connectivity index (χ2n) is 4.29. The minimum Gasteiger partial charge on any atom is -0.497 e. The van der Waals surface area contributed by atoms with E-state index in [9.17, 15) is 9.59 Å². The van der Waals surface area contributed by atoms with Gasteiger partial charge in [-0.15, -0.1) is 0 Å². The SMILES string of the molecule is COc1ccc(C2CC(=O)Nn3c2n[nH]c3=O)cc1. The summed E-state index contributed by atoms with van der Waals surface area (Å²) in [7, 11) is 1.59. The summed E-state index contributed by atoms with van der Waals surface area (Å²) in [6.45, 7) is 0. The molecule has 1 aromatic carbocycles. The van der Waals surface area contributed by atoms with Gasteiger partial charge in [0, 0.05) is 6.42 Å². The lowest BCUT2D eigenvalue weighted by Gasteiger charge is -2.22. The Hall–Kier alpha value is -2.57. The summed E-state index contributed by atoms with van der Waals surface area (Å²) in [5.41, 5.74) is 2.95. The number of aromatic amines is 1. The van der Waals surface area contributed by atoms with Crippen molar-refractivity contribution in [1.82, 2.24) is 14.9 Å². The Bertz CT molecular complexity index is 671. The molecule has 7 heteroatoms. The number of carbonyl (C=O) groups excluding carboxylic acids is 1. The van der Waals surface area contributed by atoms with Gasteiger partial charge in [0.05, 0.1) is 13.0 Å². The lowest BCUT2D eigenvalue weighted by atomic mass is 9.93. The molecule has 2 N–H and O–H groups in total. The summed E-state index contributed by atoms with van der Waals surface area (Å²) in [6.07, 6.45) is 0.261. The van der Waals surface area contributed by atoms with E-state index < -0.39 is 5.69 Å². The van der Waals surface area contributed by atoms with Crippen LogP contribution in [0.25, 0.3) is 0 Å². The molecule has 0 radical (unpaired) electrons. The summed E-state index contributed by atoms with van der Waals surface area (Å²) in [4.78, 5) is 23.1. The average molecular weight is 260 g/mol. The van der Waals surface area contributed by atoms with Crippen molar-refractivity contribution in [3.05, 3.63) is 46.1 Å².